The fourth-order valence-corrected chi connectivity index (χ4v) is 4.48. The number of nitrogens with zero attached hydrogens (tertiary/aromatic N) is 2. The Morgan fingerprint density at radius 1 is 1.04 bits per heavy atom. The van der Waals surface area contributed by atoms with Crippen molar-refractivity contribution in [2.75, 3.05) is 19.6 Å². The molecule has 4 heteroatoms. The van der Waals surface area contributed by atoms with E-state index in [0.29, 0.717) is 6.10 Å². The smallest absolute Gasteiger partial charge is 0.123 e. The molecule has 2 aromatic rings. The van der Waals surface area contributed by atoms with E-state index in [1.807, 2.05) is 12.4 Å². The first-order valence-electron chi connectivity index (χ1n) is 10.0. The maximum absolute atomic E-state index is 6.39. The number of rotatable bonds is 4. The lowest BCUT2D eigenvalue weighted by Gasteiger charge is -2.35. The first kappa shape index (κ1) is 19.4. The monoisotopic (exact) mass is 374 g/mol. The van der Waals surface area contributed by atoms with Crippen molar-refractivity contribution in [3.05, 3.63) is 36.2 Å². The van der Waals surface area contributed by atoms with Crippen molar-refractivity contribution >= 4 is 23.2 Å². The van der Waals surface area contributed by atoms with Gasteiger partial charge in [-0.25, -0.2) is 0 Å². The van der Waals surface area contributed by atoms with Crippen LogP contribution in [0.25, 0.3) is 10.8 Å². The van der Waals surface area contributed by atoms with Gasteiger partial charge in [0.2, 0.25) is 0 Å². The third kappa shape index (κ3) is 4.69. The third-order valence-corrected chi connectivity index (χ3v) is 6.00. The van der Waals surface area contributed by atoms with E-state index in [4.69, 9.17) is 4.74 Å². The Hall–Kier alpha value is -1.32. The van der Waals surface area contributed by atoms with E-state index in [0.717, 1.165) is 24.5 Å². The van der Waals surface area contributed by atoms with E-state index in [-0.39, 0.29) is 12.4 Å². The SMILES string of the molecule is Cc1cc2cnccc2cc1OC1CCN(CC2CCCCC2)CC1.Cl. The number of fused-ring (bicyclic) bond motifs is 1. The lowest BCUT2D eigenvalue weighted by atomic mass is 9.88. The molecule has 4 rings (SSSR count). The molecule has 1 aromatic carbocycles. The fourth-order valence-electron chi connectivity index (χ4n) is 4.48. The summed E-state index contributed by atoms with van der Waals surface area (Å²) in [5, 5.41) is 2.40. The molecule has 142 valence electrons. The lowest BCUT2D eigenvalue weighted by molar-refractivity contribution is 0.0860. The molecule has 1 aliphatic carbocycles. The molecule has 0 radical (unpaired) electrons. The second-order valence-electron chi connectivity index (χ2n) is 7.96. The molecule has 3 nitrogen and oxygen atoms in total. The van der Waals surface area contributed by atoms with Crippen molar-refractivity contribution in [3.8, 4) is 5.75 Å². The summed E-state index contributed by atoms with van der Waals surface area (Å²) in [5.41, 5.74) is 1.21. The van der Waals surface area contributed by atoms with E-state index in [9.17, 15) is 0 Å². The summed E-state index contributed by atoms with van der Waals surface area (Å²) in [6.45, 7) is 5.84. The van der Waals surface area contributed by atoms with Gasteiger partial charge in [0.25, 0.3) is 0 Å². The summed E-state index contributed by atoms with van der Waals surface area (Å²) in [4.78, 5) is 6.88. The van der Waals surface area contributed by atoms with Gasteiger partial charge >= 0.3 is 0 Å². The summed E-state index contributed by atoms with van der Waals surface area (Å²) >= 11 is 0. The molecule has 1 saturated heterocycles. The minimum Gasteiger partial charge on any atom is -0.490 e. The average Bonchev–Trinajstić information content (AvgIpc) is 2.65. The average molecular weight is 375 g/mol. The highest BCUT2D eigenvalue weighted by Crippen LogP contribution is 2.29. The zero-order valence-electron chi connectivity index (χ0n) is 15.8. The normalized spacial score (nSPS) is 20.0. The van der Waals surface area contributed by atoms with Gasteiger partial charge in [0.1, 0.15) is 11.9 Å². The minimum absolute atomic E-state index is 0. The molecular formula is C22H31ClN2O. The third-order valence-electron chi connectivity index (χ3n) is 6.00. The molecule has 2 fully saturated rings. The van der Waals surface area contributed by atoms with Crippen LogP contribution in [0, 0.1) is 12.8 Å². The number of piperidine rings is 1. The molecule has 0 amide bonds. The van der Waals surface area contributed by atoms with Crippen LogP contribution < -0.4 is 4.74 Å². The van der Waals surface area contributed by atoms with Crippen LogP contribution in [0.2, 0.25) is 0 Å². The first-order valence-corrected chi connectivity index (χ1v) is 10.0. The molecule has 1 aromatic heterocycles. The van der Waals surface area contributed by atoms with Crippen LogP contribution >= 0.6 is 12.4 Å². The molecule has 0 unspecified atom stereocenters. The maximum Gasteiger partial charge on any atom is 0.123 e. The topological polar surface area (TPSA) is 25.4 Å². The summed E-state index contributed by atoms with van der Waals surface area (Å²) in [5.74, 6) is 1.99. The van der Waals surface area contributed by atoms with Crippen LogP contribution in [0.3, 0.4) is 0 Å². The van der Waals surface area contributed by atoms with Gasteiger partial charge in [0.05, 0.1) is 0 Å². The van der Waals surface area contributed by atoms with Gasteiger partial charge in [-0.05, 0) is 67.7 Å². The standard InChI is InChI=1S/C22H30N2O.ClH/c1-17-13-20-15-23-10-7-19(20)14-22(17)25-21-8-11-24(12-9-21)16-18-5-3-2-4-6-18;/h7,10,13-15,18,21H,2-6,8-9,11-12,16H2,1H3;1H. The Labute approximate surface area is 163 Å². The highest BCUT2D eigenvalue weighted by Gasteiger charge is 2.24. The molecule has 26 heavy (non-hydrogen) atoms. The van der Waals surface area contributed by atoms with Gasteiger partial charge < -0.3 is 9.64 Å². The van der Waals surface area contributed by atoms with Crippen LogP contribution in [0.5, 0.6) is 5.75 Å². The molecule has 1 aliphatic heterocycles. The first-order chi connectivity index (χ1) is 12.3. The van der Waals surface area contributed by atoms with Crippen LogP contribution in [-0.4, -0.2) is 35.6 Å². The summed E-state index contributed by atoms with van der Waals surface area (Å²) in [6, 6.07) is 6.44. The zero-order valence-corrected chi connectivity index (χ0v) is 16.6. The number of halogens is 1. The van der Waals surface area contributed by atoms with Crippen molar-refractivity contribution in [1.82, 2.24) is 9.88 Å². The van der Waals surface area contributed by atoms with Crippen molar-refractivity contribution < 1.29 is 4.74 Å². The number of benzene rings is 1. The Kier molecular flexibility index (Phi) is 6.77. The fraction of sp³-hybridized carbons (Fsp3) is 0.591. The van der Waals surface area contributed by atoms with E-state index in [2.05, 4.69) is 35.0 Å². The van der Waals surface area contributed by atoms with Gasteiger partial charge in [-0.1, -0.05) is 19.3 Å². The Balaban J connectivity index is 0.00000196. The highest BCUT2D eigenvalue weighted by molar-refractivity contribution is 5.85. The number of ether oxygens (including phenoxy) is 1. The Morgan fingerprint density at radius 2 is 1.81 bits per heavy atom. The van der Waals surface area contributed by atoms with Crippen molar-refractivity contribution in [3.63, 3.8) is 0 Å². The van der Waals surface area contributed by atoms with Gasteiger partial charge in [-0.2, -0.15) is 0 Å². The lowest BCUT2D eigenvalue weighted by Crippen LogP contribution is -2.41. The molecule has 2 heterocycles. The van der Waals surface area contributed by atoms with Crippen molar-refractivity contribution in [2.45, 2.75) is 58.0 Å². The van der Waals surface area contributed by atoms with Crippen LogP contribution in [-0.2, 0) is 0 Å². The number of pyridine rings is 1. The van der Waals surface area contributed by atoms with Crippen LogP contribution in [0.15, 0.2) is 30.6 Å². The molecular weight excluding hydrogens is 344 g/mol. The second-order valence-corrected chi connectivity index (χ2v) is 7.96. The largest absolute Gasteiger partial charge is 0.490 e. The number of hydrogen-bond acceptors (Lipinski definition) is 3. The predicted molar refractivity (Wildman–Crippen MR) is 110 cm³/mol. The number of likely N-dealkylation sites (tertiary alicyclic amines) is 1. The van der Waals surface area contributed by atoms with Crippen molar-refractivity contribution in [1.29, 1.82) is 0 Å². The summed E-state index contributed by atoms with van der Waals surface area (Å²) in [7, 11) is 0. The molecule has 0 bridgehead atoms. The Morgan fingerprint density at radius 3 is 2.58 bits per heavy atom. The summed E-state index contributed by atoms with van der Waals surface area (Å²) < 4.78 is 6.39. The predicted octanol–water partition coefficient (Wildman–Crippen LogP) is 5.39. The zero-order chi connectivity index (χ0) is 17.1. The van der Waals surface area contributed by atoms with Crippen LogP contribution in [0.1, 0.15) is 50.5 Å². The number of aromatic nitrogens is 1. The highest BCUT2D eigenvalue weighted by atomic mass is 35.5. The molecule has 0 N–H and O–H groups in total. The van der Waals surface area contributed by atoms with E-state index >= 15 is 0 Å². The van der Waals surface area contributed by atoms with Gasteiger partial charge in [0, 0.05) is 37.4 Å². The van der Waals surface area contributed by atoms with Crippen molar-refractivity contribution in [2.24, 2.45) is 5.92 Å². The van der Waals surface area contributed by atoms with E-state index in [1.165, 1.54) is 68.1 Å². The van der Waals surface area contributed by atoms with Gasteiger partial charge in [0.15, 0.2) is 0 Å². The molecule has 2 aliphatic rings. The van der Waals surface area contributed by atoms with Gasteiger partial charge in [-0.15, -0.1) is 12.4 Å². The second kappa shape index (κ2) is 9.05. The molecule has 1 saturated carbocycles. The maximum atomic E-state index is 6.39. The number of aryl methyl sites for hydroxylation is 1. The Bertz CT molecular complexity index is 706. The van der Waals surface area contributed by atoms with E-state index < -0.39 is 0 Å². The van der Waals surface area contributed by atoms with Gasteiger partial charge in [-0.3, -0.25) is 4.98 Å². The number of hydrogen-bond donors (Lipinski definition) is 0. The minimum atomic E-state index is 0. The summed E-state index contributed by atoms with van der Waals surface area (Å²) in [6.07, 6.45) is 13.7. The van der Waals surface area contributed by atoms with Crippen LogP contribution in [0.4, 0.5) is 0 Å². The quantitative estimate of drug-likeness (QED) is 0.717. The van der Waals surface area contributed by atoms with E-state index in [1.54, 1.807) is 0 Å². The molecule has 0 spiro atoms. The molecule has 0 atom stereocenters.